The van der Waals surface area contributed by atoms with Crippen LogP contribution in [0.4, 0.5) is 0 Å². The molecule has 0 aromatic heterocycles. The van der Waals surface area contributed by atoms with Crippen molar-refractivity contribution in [2.24, 2.45) is 0 Å². The normalized spacial score (nSPS) is 12.9. The van der Waals surface area contributed by atoms with Crippen LogP contribution < -0.4 is 0 Å². The highest BCUT2D eigenvalue weighted by Crippen LogP contribution is 2.03. The number of esters is 1. The van der Waals surface area contributed by atoms with E-state index in [2.05, 4.69) is 6.92 Å². The van der Waals surface area contributed by atoms with E-state index in [1.165, 1.54) is 19.3 Å². The lowest BCUT2D eigenvalue weighted by molar-refractivity contribution is -0.139. The summed E-state index contributed by atoms with van der Waals surface area (Å²) in [6.07, 6.45) is 7.64. The Morgan fingerprint density at radius 2 is 2.00 bits per heavy atom. The topological polar surface area (TPSA) is 43.4 Å². The van der Waals surface area contributed by atoms with Crippen LogP contribution in [0, 0.1) is 0 Å². The molecule has 1 atom stereocenters. The van der Waals surface area contributed by atoms with Gasteiger partial charge >= 0.3 is 5.97 Å². The summed E-state index contributed by atoms with van der Waals surface area (Å²) in [6.45, 7) is 4.26. The molecule has 0 spiro atoms. The van der Waals surface area contributed by atoms with Crippen molar-refractivity contribution in [1.82, 2.24) is 0 Å². The summed E-state index contributed by atoms with van der Waals surface area (Å²) in [5, 5.41) is 1.60. The molecule has 4 heteroatoms. The maximum absolute atomic E-state index is 11.3. The molecule has 0 aliphatic rings. The summed E-state index contributed by atoms with van der Waals surface area (Å²) in [4.78, 5) is 11.0. The molecule has 16 heavy (non-hydrogen) atoms. The van der Waals surface area contributed by atoms with E-state index in [1.54, 1.807) is 12.3 Å². The van der Waals surface area contributed by atoms with Crippen molar-refractivity contribution in [2.45, 2.75) is 46.0 Å². The molecule has 0 bridgehead atoms. The quantitative estimate of drug-likeness (QED) is 0.464. The van der Waals surface area contributed by atoms with Gasteiger partial charge < -0.3 is 4.74 Å². The van der Waals surface area contributed by atoms with E-state index in [0.717, 1.165) is 12.8 Å². The van der Waals surface area contributed by atoms with Crippen LogP contribution in [0.1, 0.15) is 46.0 Å². The molecule has 0 amide bonds. The Balaban J connectivity index is 3.54. The second-order valence-electron chi connectivity index (χ2n) is 3.55. The highest BCUT2D eigenvalue weighted by atomic mass is 32.2. The van der Waals surface area contributed by atoms with Gasteiger partial charge in [-0.2, -0.15) is 0 Å². The van der Waals surface area contributed by atoms with Crippen LogP contribution in [0.3, 0.4) is 0 Å². The number of hydrogen-bond donors (Lipinski definition) is 0. The Kier molecular flexibility index (Phi) is 10.4. The summed E-state index contributed by atoms with van der Waals surface area (Å²) in [5.74, 6) is -0.421. The minimum atomic E-state index is -1.21. The number of rotatable bonds is 9. The van der Waals surface area contributed by atoms with Crippen LogP contribution in [0.25, 0.3) is 0 Å². The Morgan fingerprint density at radius 1 is 1.25 bits per heavy atom. The van der Waals surface area contributed by atoms with Gasteiger partial charge in [0.1, 0.15) is 5.75 Å². The van der Waals surface area contributed by atoms with Crippen LogP contribution in [-0.2, 0) is 20.3 Å². The molecule has 0 saturated carbocycles. The van der Waals surface area contributed by atoms with E-state index in [9.17, 15) is 9.00 Å². The SMILES string of the molecule is CCCCCC/C=C/S(=O)CC(=O)OCC. The zero-order valence-electron chi connectivity index (χ0n) is 10.2. The lowest BCUT2D eigenvalue weighted by Gasteiger charge is -1.98. The van der Waals surface area contributed by atoms with Crippen molar-refractivity contribution in [3.05, 3.63) is 11.5 Å². The third-order valence-corrected chi connectivity index (χ3v) is 3.05. The molecule has 0 radical (unpaired) electrons. The van der Waals surface area contributed by atoms with Crippen molar-refractivity contribution in [1.29, 1.82) is 0 Å². The van der Waals surface area contributed by atoms with Gasteiger partial charge in [0.05, 0.1) is 17.4 Å². The predicted molar refractivity (Wildman–Crippen MR) is 67.5 cm³/mol. The van der Waals surface area contributed by atoms with Gasteiger partial charge in [-0.05, 0) is 25.2 Å². The minimum absolute atomic E-state index is 0.0285. The van der Waals surface area contributed by atoms with Crippen LogP contribution in [0.2, 0.25) is 0 Å². The number of hydrogen-bond acceptors (Lipinski definition) is 3. The van der Waals surface area contributed by atoms with Crippen LogP contribution in [-0.4, -0.2) is 22.5 Å². The van der Waals surface area contributed by atoms with Crippen molar-refractivity contribution < 1.29 is 13.7 Å². The molecule has 0 saturated heterocycles. The summed E-state index contributed by atoms with van der Waals surface area (Å²) >= 11 is 0. The summed E-state index contributed by atoms with van der Waals surface area (Å²) < 4.78 is 16.0. The van der Waals surface area contributed by atoms with Gasteiger partial charge in [-0.15, -0.1) is 0 Å². The van der Waals surface area contributed by atoms with Crippen molar-refractivity contribution in [2.75, 3.05) is 12.4 Å². The van der Waals surface area contributed by atoms with E-state index in [-0.39, 0.29) is 5.75 Å². The maximum atomic E-state index is 11.3. The van der Waals surface area contributed by atoms with Gasteiger partial charge in [-0.3, -0.25) is 9.00 Å². The van der Waals surface area contributed by atoms with Gasteiger partial charge in [0.15, 0.2) is 0 Å². The van der Waals surface area contributed by atoms with E-state index < -0.39 is 16.8 Å². The molecular weight excluding hydrogens is 224 g/mol. The highest BCUT2D eigenvalue weighted by molar-refractivity contribution is 7.88. The molecular formula is C12H22O3S. The summed E-state index contributed by atoms with van der Waals surface area (Å²) in [7, 11) is -1.21. The second-order valence-corrected chi connectivity index (χ2v) is 4.87. The zero-order chi connectivity index (χ0) is 12.2. The fourth-order valence-corrected chi connectivity index (χ4v) is 1.99. The van der Waals surface area contributed by atoms with Gasteiger partial charge in [-0.1, -0.05) is 32.3 Å². The van der Waals surface area contributed by atoms with Crippen LogP contribution in [0.15, 0.2) is 11.5 Å². The van der Waals surface area contributed by atoms with E-state index in [1.807, 2.05) is 6.08 Å². The smallest absolute Gasteiger partial charge is 0.318 e. The Bertz CT molecular complexity index is 236. The number of carbonyl (C=O) groups is 1. The minimum Gasteiger partial charge on any atom is -0.465 e. The first-order valence-electron chi connectivity index (χ1n) is 5.90. The van der Waals surface area contributed by atoms with Gasteiger partial charge in [0.2, 0.25) is 0 Å². The Hall–Kier alpha value is -0.640. The molecule has 1 unspecified atom stereocenters. The largest absolute Gasteiger partial charge is 0.465 e. The number of allylic oxidation sites excluding steroid dienone is 1. The average Bonchev–Trinajstić information content (AvgIpc) is 2.23. The molecule has 94 valence electrons. The maximum Gasteiger partial charge on any atom is 0.318 e. The lowest BCUT2D eigenvalue weighted by atomic mass is 10.2. The van der Waals surface area contributed by atoms with Crippen LogP contribution in [0.5, 0.6) is 0 Å². The fraction of sp³-hybridized carbons (Fsp3) is 0.750. The van der Waals surface area contributed by atoms with Gasteiger partial charge in [0.25, 0.3) is 0 Å². The van der Waals surface area contributed by atoms with E-state index >= 15 is 0 Å². The highest BCUT2D eigenvalue weighted by Gasteiger charge is 2.04. The van der Waals surface area contributed by atoms with Gasteiger partial charge in [0, 0.05) is 0 Å². The third-order valence-electron chi connectivity index (χ3n) is 2.04. The predicted octanol–water partition coefficient (Wildman–Crippen LogP) is 2.78. The Labute approximate surface area is 101 Å². The van der Waals surface area contributed by atoms with Crippen molar-refractivity contribution >= 4 is 16.8 Å². The third kappa shape index (κ3) is 9.90. The van der Waals surface area contributed by atoms with Crippen molar-refractivity contribution in [3.8, 4) is 0 Å². The molecule has 0 aliphatic heterocycles. The average molecular weight is 246 g/mol. The zero-order valence-corrected chi connectivity index (χ0v) is 11.1. The summed E-state index contributed by atoms with van der Waals surface area (Å²) in [5.41, 5.74) is 0. The molecule has 3 nitrogen and oxygen atoms in total. The molecule has 0 rings (SSSR count). The van der Waals surface area contributed by atoms with Gasteiger partial charge in [-0.25, -0.2) is 0 Å². The van der Waals surface area contributed by atoms with Crippen LogP contribution >= 0.6 is 0 Å². The monoisotopic (exact) mass is 246 g/mol. The molecule has 0 fully saturated rings. The lowest BCUT2D eigenvalue weighted by Crippen LogP contribution is -2.12. The fourth-order valence-electron chi connectivity index (χ4n) is 1.23. The second kappa shape index (κ2) is 10.9. The number of carbonyl (C=O) groups excluding carboxylic acids is 1. The molecule has 0 heterocycles. The Morgan fingerprint density at radius 3 is 2.62 bits per heavy atom. The summed E-state index contributed by atoms with van der Waals surface area (Å²) in [6, 6.07) is 0. The number of ether oxygens (including phenoxy) is 1. The molecule has 0 aromatic rings. The first kappa shape index (κ1) is 15.4. The number of unbranched alkanes of at least 4 members (excludes halogenated alkanes) is 4. The first-order valence-corrected chi connectivity index (χ1v) is 7.28. The molecule has 0 N–H and O–H groups in total. The standard InChI is InChI=1S/C12H22O3S/c1-3-5-6-7-8-9-10-16(14)11-12(13)15-4-2/h9-10H,3-8,11H2,1-2H3/b10-9+. The first-order chi connectivity index (χ1) is 7.70. The molecule has 0 aliphatic carbocycles. The van der Waals surface area contributed by atoms with E-state index in [0.29, 0.717) is 6.61 Å². The van der Waals surface area contributed by atoms with E-state index in [4.69, 9.17) is 4.74 Å². The molecule has 0 aromatic carbocycles. The van der Waals surface area contributed by atoms with Crippen molar-refractivity contribution in [3.63, 3.8) is 0 Å².